The summed E-state index contributed by atoms with van der Waals surface area (Å²) >= 11 is 5.88. The van der Waals surface area contributed by atoms with Crippen molar-refractivity contribution in [2.45, 2.75) is 26.2 Å². The zero-order chi connectivity index (χ0) is 10.7. The molecule has 2 rings (SSSR count). The number of rotatable bonds is 2. The van der Waals surface area contributed by atoms with Gasteiger partial charge in [-0.25, -0.2) is 4.98 Å². The van der Waals surface area contributed by atoms with Crippen LogP contribution in [0.4, 0.5) is 5.82 Å². The minimum Gasteiger partial charge on any atom is -0.357 e. The third-order valence-electron chi connectivity index (χ3n) is 3.22. The number of piperidine rings is 1. The summed E-state index contributed by atoms with van der Waals surface area (Å²) in [5.74, 6) is 1.93. The Labute approximate surface area is 96.3 Å². The molecular formula is C12H17ClN2. The van der Waals surface area contributed by atoms with E-state index >= 15 is 0 Å². The van der Waals surface area contributed by atoms with Gasteiger partial charge in [0.25, 0.3) is 0 Å². The van der Waals surface area contributed by atoms with Gasteiger partial charge < -0.3 is 4.90 Å². The predicted octanol–water partition coefficient (Wildman–Crippen LogP) is 3.36. The molecule has 2 heterocycles. The largest absolute Gasteiger partial charge is 0.357 e. The molecule has 1 aliphatic heterocycles. The predicted molar refractivity (Wildman–Crippen MR) is 64.5 cm³/mol. The van der Waals surface area contributed by atoms with Crippen molar-refractivity contribution in [1.82, 2.24) is 4.98 Å². The first-order valence-corrected chi connectivity index (χ1v) is 6.05. The van der Waals surface area contributed by atoms with Crippen LogP contribution in [0.2, 0.25) is 5.15 Å². The Morgan fingerprint density at radius 3 is 2.73 bits per heavy atom. The van der Waals surface area contributed by atoms with Crippen molar-refractivity contribution in [2.75, 3.05) is 18.0 Å². The molecule has 0 unspecified atom stereocenters. The molecule has 1 aliphatic rings. The molecule has 0 aromatic carbocycles. The second-order valence-electron chi connectivity index (χ2n) is 4.16. The average molecular weight is 225 g/mol. The summed E-state index contributed by atoms with van der Waals surface area (Å²) in [6.07, 6.45) is 3.87. The van der Waals surface area contributed by atoms with Crippen LogP contribution in [0.3, 0.4) is 0 Å². The Balaban J connectivity index is 2.01. The van der Waals surface area contributed by atoms with Crippen LogP contribution in [0, 0.1) is 5.92 Å². The van der Waals surface area contributed by atoms with Gasteiger partial charge in [0.1, 0.15) is 11.0 Å². The molecule has 0 N–H and O–H groups in total. The van der Waals surface area contributed by atoms with E-state index in [4.69, 9.17) is 11.6 Å². The van der Waals surface area contributed by atoms with E-state index in [0.29, 0.717) is 5.15 Å². The van der Waals surface area contributed by atoms with Crippen molar-refractivity contribution in [3.8, 4) is 0 Å². The third kappa shape index (κ3) is 2.63. The fourth-order valence-corrected chi connectivity index (χ4v) is 2.30. The molecule has 1 aromatic heterocycles. The topological polar surface area (TPSA) is 16.1 Å². The standard InChI is InChI=1S/C12H17ClN2/c1-2-10-6-8-15(9-7-10)12-5-3-4-11(13)14-12/h3-5,10H,2,6-9H2,1H3. The Hall–Kier alpha value is -0.760. The van der Waals surface area contributed by atoms with Gasteiger partial charge in [0.05, 0.1) is 0 Å². The Bertz CT molecular complexity index is 319. The fraction of sp³-hybridized carbons (Fsp3) is 0.583. The molecule has 0 radical (unpaired) electrons. The summed E-state index contributed by atoms with van der Waals surface area (Å²) in [7, 11) is 0. The lowest BCUT2D eigenvalue weighted by Crippen LogP contribution is -2.33. The van der Waals surface area contributed by atoms with Gasteiger partial charge in [-0.05, 0) is 30.9 Å². The maximum Gasteiger partial charge on any atom is 0.131 e. The van der Waals surface area contributed by atoms with Gasteiger partial charge in [0.15, 0.2) is 0 Å². The van der Waals surface area contributed by atoms with E-state index in [1.807, 2.05) is 18.2 Å². The highest BCUT2D eigenvalue weighted by atomic mass is 35.5. The van der Waals surface area contributed by atoms with Gasteiger partial charge in [-0.15, -0.1) is 0 Å². The summed E-state index contributed by atoms with van der Waals surface area (Å²) in [5, 5.41) is 0.588. The first kappa shape index (κ1) is 10.7. The molecule has 1 fully saturated rings. The summed E-state index contributed by atoms with van der Waals surface area (Å²) in [4.78, 5) is 6.67. The van der Waals surface area contributed by atoms with Crippen molar-refractivity contribution in [3.63, 3.8) is 0 Å². The summed E-state index contributed by atoms with van der Waals surface area (Å²) in [5.41, 5.74) is 0. The van der Waals surface area contributed by atoms with E-state index < -0.39 is 0 Å². The van der Waals surface area contributed by atoms with E-state index in [1.54, 1.807) is 0 Å². The van der Waals surface area contributed by atoms with Crippen molar-refractivity contribution in [1.29, 1.82) is 0 Å². The monoisotopic (exact) mass is 224 g/mol. The fourth-order valence-electron chi connectivity index (χ4n) is 2.14. The Morgan fingerprint density at radius 1 is 1.40 bits per heavy atom. The van der Waals surface area contributed by atoms with Gasteiger partial charge in [-0.3, -0.25) is 0 Å². The molecule has 0 saturated carbocycles. The van der Waals surface area contributed by atoms with Gasteiger partial charge in [0.2, 0.25) is 0 Å². The van der Waals surface area contributed by atoms with E-state index in [0.717, 1.165) is 24.8 Å². The maximum absolute atomic E-state index is 5.88. The lowest BCUT2D eigenvalue weighted by atomic mass is 9.94. The van der Waals surface area contributed by atoms with Crippen LogP contribution >= 0.6 is 11.6 Å². The van der Waals surface area contributed by atoms with Crippen molar-refractivity contribution >= 4 is 17.4 Å². The molecule has 1 saturated heterocycles. The number of anilines is 1. The number of aromatic nitrogens is 1. The molecule has 15 heavy (non-hydrogen) atoms. The van der Waals surface area contributed by atoms with Crippen LogP contribution in [0.1, 0.15) is 26.2 Å². The quantitative estimate of drug-likeness (QED) is 0.717. The zero-order valence-electron chi connectivity index (χ0n) is 9.12. The molecule has 2 nitrogen and oxygen atoms in total. The SMILES string of the molecule is CCC1CCN(c2cccc(Cl)n2)CC1. The molecule has 0 atom stereocenters. The molecule has 0 amide bonds. The van der Waals surface area contributed by atoms with Crippen LogP contribution in [0.25, 0.3) is 0 Å². The smallest absolute Gasteiger partial charge is 0.131 e. The molecule has 82 valence electrons. The van der Waals surface area contributed by atoms with Crippen LogP contribution in [0.15, 0.2) is 18.2 Å². The van der Waals surface area contributed by atoms with Crippen molar-refractivity contribution in [3.05, 3.63) is 23.4 Å². The maximum atomic E-state index is 5.88. The summed E-state index contributed by atoms with van der Waals surface area (Å²) < 4.78 is 0. The van der Waals surface area contributed by atoms with Crippen molar-refractivity contribution in [2.24, 2.45) is 5.92 Å². The summed E-state index contributed by atoms with van der Waals surface area (Å²) in [6.45, 7) is 4.51. The van der Waals surface area contributed by atoms with Gasteiger partial charge >= 0.3 is 0 Å². The molecule has 3 heteroatoms. The van der Waals surface area contributed by atoms with Crippen molar-refractivity contribution < 1.29 is 0 Å². The molecule has 1 aromatic rings. The average Bonchev–Trinajstić information content (AvgIpc) is 2.29. The number of hydrogen-bond donors (Lipinski definition) is 0. The second kappa shape index (κ2) is 4.84. The van der Waals surface area contributed by atoms with E-state index in [9.17, 15) is 0 Å². The highest BCUT2D eigenvalue weighted by molar-refractivity contribution is 6.29. The lowest BCUT2D eigenvalue weighted by Gasteiger charge is -2.32. The molecule has 0 spiro atoms. The van der Waals surface area contributed by atoms with Gasteiger partial charge in [0, 0.05) is 13.1 Å². The number of nitrogens with zero attached hydrogens (tertiary/aromatic N) is 2. The minimum absolute atomic E-state index is 0.588. The third-order valence-corrected chi connectivity index (χ3v) is 3.43. The van der Waals surface area contributed by atoms with Crippen LogP contribution < -0.4 is 4.90 Å². The Kier molecular flexibility index (Phi) is 3.47. The minimum atomic E-state index is 0.588. The highest BCUT2D eigenvalue weighted by Gasteiger charge is 2.18. The Morgan fingerprint density at radius 2 is 2.13 bits per heavy atom. The highest BCUT2D eigenvalue weighted by Crippen LogP contribution is 2.24. The van der Waals surface area contributed by atoms with Gasteiger partial charge in [-0.2, -0.15) is 0 Å². The number of halogens is 1. The van der Waals surface area contributed by atoms with Crippen LogP contribution in [-0.4, -0.2) is 18.1 Å². The first-order chi connectivity index (χ1) is 7.29. The van der Waals surface area contributed by atoms with Crippen LogP contribution in [0.5, 0.6) is 0 Å². The van der Waals surface area contributed by atoms with E-state index in [-0.39, 0.29) is 0 Å². The second-order valence-corrected chi connectivity index (χ2v) is 4.54. The zero-order valence-corrected chi connectivity index (χ0v) is 9.87. The first-order valence-electron chi connectivity index (χ1n) is 5.67. The van der Waals surface area contributed by atoms with Gasteiger partial charge in [-0.1, -0.05) is 31.0 Å². The molecular weight excluding hydrogens is 208 g/mol. The normalized spacial score (nSPS) is 18.1. The molecule has 0 bridgehead atoms. The molecule has 0 aliphatic carbocycles. The lowest BCUT2D eigenvalue weighted by molar-refractivity contribution is 0.394. The van der Waals surface area contributed by atoms with Crippen LogP contribution in [-0.2, 0) is 0 Å². The summed E-state index contributed by atoms with van der Waals surface area (Å²) in [6, 6.07) is 5.83. The van der Waals surface area contributed by atoms with E-state index in [2.05, 4.69) is 16.8 Å². The number of hydrogen-bond acceptors (Lipinski definition) is 2. The van der Waals surface area contributed by atoms with E-state index in [1.165, 1.54) is 19.3 Å². The number of pyridine rings is 1.